The lowest BCUT2D eigenvalue weighted by Gasteiger charge is -2.34. The first-order chi connectivity index (χ1) is 16.0. The predicted molar refractivity (Wildman–Crippen MR) is 127 cm³/mol. The minimum atomic E-state index is -1.78. The van der Waals surface area contributed by atoms with Gasteiger partial charge >= 0.3 is 11.9 Å². The molecular weight excluding hydrogens is 436 g/mol. The average molecular weight is 471 g/mol. The molecule has 8 heteroatoms. The molecule has 3 N–H and O–H groups in total. The predicted octanol–water partition coefficient (Wildman–Crippen LogP) is 3.64. The molecular formula is C26H34N2O6. The maximum absolute atomic E-state index is 13.1. The third-order valence-electron chi connectivity index (χ3n) is 5.16. The lowest BCUT2D eigenvalue weighted by Crippen LogP contribution is -2.53. The van der Waals surface area contributed by atoms with Crippen molar-refractivity contribution in [1.82, 2.24) is 5.32 Å². The Bertz CT molecular complexity index is 969. The Morgan fingerprint density at radius 2 is 1.59 bits per heavy atom. The van der Waals surface area contributed by atoms with Gasteiger partial charge in [0.25, 0.3) is 0 Å². The highest BCUT2D eigenvalue weighted by molar-refractivity contribution is 6.03. The Balaban J connectivity index is 2.20. The van der Waals surface area contributed by atoms with Gasteiger partial charge in [0.1, 0.15) is 18.0 Å². The van der Waals surface area contributed by atoms with Crippen molar-refractivity contribution in [1.29, 1.82) is 0 Å². The van der Waals surface area contributed by atoms with Crippen LogP contribution in [0.2, 0.25) is 0 Å². The van der Waals surface area contributed by atoms with Gasteiger partial charge in [-0.05, 0) is 51.0 Å². The fraction of sp³-hybridized carbons (Fsp3) is 0.423. The number of carbonyl (C=O) groups excluding carboxylic acids is 3. The number of benzene rings is 2. The topological polar surface area (TPSA) is 117 Å². The van der Waals surface area contributed by atoms with E-state index in [0.717, 1.165) is 5.56 Å². The molecule has 0 radical (unpaired) electrons. The van der Waals surface area contributed by atoms with Gasteiger partial charge in [0.15, 0.2) is 12.1 Å². The summed E-state index contributed by atoms with van der Waals surface area (Å²) in [7, 11) is 0. The molecule has 0 bridgehead atoms. The standard InChI is InChI=1S/C26H34N2O6/c1-6-21(29)33-17-28-23(30)26(5,24(31)34-25(2,3)4)22(27)19-12-14-20(15-13-19)32-16-18-10-8-7-9-11-18/h7-15,22H,6,16-17,27H2,1-5H3,(H,28,30). The first kappa shape index (κ1) is 26.9. The van der Waals surface area contributed by atoms with E-state index >= 15 is 0 Å². The van der Waals surface area contributed by atoms with Crippen LogP contribution in [0.3, 0.4) is 0 Å². The van der Waals surface area contributed by atoms with Crippen LogP contribution in [-0.4, -0.2) is 30.2 Å². The SMILES string of the molecule is CCC(=O)OCNC(=O)C(C)(C(=O)OC(C)(C)C)C(N)c1ccc(OCc2ccccc2)cc1. The van der Waals surface area contributed by atoms with Crippen LogP contribution in [0.15, 0.2) is 54.6 Å². The summed E-state index contributed by atoms with van der Waals surface area (Å²) in [4.78, 5) is 37.6. The van der Waals surface area contributed by atoms with Crippen LogP contribution in [0.25, 0.3) is 0 Å². The first-order valence-electron chi connectivity index (χ1n) is 11.2. The fourth-order valence-electron chi connectivity index (χ4n) is 3.06. The number of amides is 1. The molecule has 0 aliphatic carbocycles. The van der Waals surface area contributed by atoms with E-state index in [4.69, 9.17) is 19.9 Å². The molecule has 0 aliphatic rings. The lowest BCUT2D eigenvalue weighted by molar-refractivity contribution is -0.172. The van der Waals surface area contributed by atoms with Crippen LogP contribution in [0.4, 0.5) is 0 Å². The summed E-state index contributed by atoms with van der Waals surface area (Å²) in [5.41, 5.74) is 5.42. The minimum absolute atomic E-state index is 0.164. The molecule has 0 saturated heterocycles. The van der Waals surface area contributed by atoms with E-state index in [0.29, 0.717) is 17.9 Å². The van der Waals surface area contributed by atoms with E-state index in [1.165, 1.54) is 6.92 Å². The Hall–Kier alpha value is -3.39. The van der Waals surface area contributed by atoms with Gasteiger partial charge in [-0.15, -0.1) is 0 Å². The van der Waals surface area contributed by atoms with Gasteiger partial charge < -0.3 is 25.3 Å². The van der Waals surface area contributed by atoms with Crippen molar-refractivity contribution >= 4 is 17.8 Å². The number of nitrogens with two attached hydrogens (primary N) is 1. The second kappa shape index (κ2) is 11.7. The molecule has 2 atom stereocenters. The summed E-state index contributed by atoms with van der Waals surface area (Å²) in [6, 6.07) is 15.6. The van der Waals surface area contributed by atoms with Crippen molar-refractivity contribution in [3.63, 3.8) is 0 Å². The van der Waals surface area contributed by atoms with Crippen LogP contribution >= 0.6 is 0 Å². The monoisotopic (exact) mass is 470 g/mol. The molecule has 184 valence electrons. The smallest absolute Gasteiger partial charge is 0.323 e. The van der Waals surface area contributed by atoms with E-state index in [-0.39, 0.29) is 13.2 Å². The van der Waals surface area contributed by atoms with Gasteiger partial charge in [-0.1, -0.05) is 49.4 Å². The van der Waals surface area contributed by atoms with Gasteiger partial charge in [0.05, 0.1) is 6.04 Å². The van der Waals surface area contributed by atoms with E-state index in [9.17, 15) is 14.4 Å². The van der Waals surface area contributed by atoms with E-state index in [2.05, 4.69) is 5.32 Å². The molecule has 0 heterocycles. The number of esters is 2. The average Bonchev–Trinajstić information content (AvgIpc) is 2.81. The summed E-state index contributed by atoms with van der Waals surface area (Å²) in [5, 5.41) is 2.47. The molecule has 2 aromatic rings. The van der Waals surface area contributed by atoms with Crippen LogP contribution in [0.5, 0.6) is 5.75 Å². The molecule has 0 fully saturated rings. The zero-order chi connectivity index (χ0) is 25.4. The first-order valence-corrected chi connectivity index (χ1v) is 11.2. The fourth-order valence-corrected chi connectivity index (χ4v) is 3.06. The number of nitrogens with one attached hydrogen (secondary N) is 1. The third-order valence-corrected chi connectivity index (χ3v) is 5.16. The summed E-state index contributed by atoms with van der Waals surface area (Å²) in [6.07, 6.45) is 0.164. The molecule has 2 aromatic carbocycles. The molecule has 0 spiro atoms. The zero-order valence-corrected chi connectivity index (χ0v) is 20.4. The Kier molecular flexibility index (Phi) is 9.20. The van der Waals surface area contributed by atoms with Crippen molar-refractivity contribution in [2.45, 2.75) is 59.3 Å². The Labute approximate surface area is 200 Å². The quantitative estimate of drug-likeness (QED) is 0.309. The van der Waals surface area contributed by atoms with Gasteiger partial charge in [0, 0.05) is 6.42 Å². The van der Waals surface area contributed by atoms with Crippen molar-refractivity contribution in [3.8, 4) is 5.75 Å². The van der Waals surface area contributed by atoms with Crippen LogP contribution < -0.4 is 15.8 Å². The summed E-state index contributed by atoms with van der Waals surface area (Å²) in [5.74, 6) is -1.34. The van der Waals surface area contributed by atoms with Crippen LogP contribution in [-0.2, 0) is 30.5 Å². The van der Waals surface area contributed by atoms with E-state index in [1.54, 1.807) is 52.0 Å². The van der Waals surface area contributed by atoms with Crippen molar-refractivity contribution in [3.05, 3.63) is 65.7 Å². The Morgan fingerprint density at radius 3 is 2.15 bits per heavy atom. The molecule has 0 aliphatic heterocycles. The summed E-state index contributed by atoms with van der Waals surface area (Å²) < 4.78 is 16.2. The number of carbonyl (C=O) groups is 3. The highest BCUT2D eigenvalue weighted by atomic mass is 16.6. The van der Waals surface area contributed by atoms with Crippen LogP contribution in [0.1, 0.15) is 58.2 Å². The van der Waals surface area contributed by atoms with Gasteiger partial charge in [-0.2, -0.15) is 0 Å². The molecule has 2 rings (SSSR count). The Morgan fingerprint density at radius 1 is 0.971 bits per heavy atom. The van der Waals surface area contributed by atoms with Gasteiger partial charge in [-0.25, -0.2) is 0 Å². The summed E-state index contributed by atoms with van der Waals surface area (Å²) in [6.45, 7) is 8.20. The normalized spacial score (nSPS) is 13.8. The lowest BCUT2D eigenvalue weighted by atomic mass is 9.78. The number of hydrogen-bond acceptors (Lipinski definition) is 7. The maximum atomic E-state index is 13.1. The van der Waals surface area contributed by atoms with Gasteiger partial charge in [-0.3, -0.25) is 14.4 Å². The molecule has 34 heavy (non-hydrogen) atoms. The molecule has 0 saturated carbocycles. The van der Waals surface area contributed by atoms with Crippen LogP contribution in [0, 0.1) is 5.41 Å². The number of hydrogen-bond donors (Lipinski definition) is 2. The molecule has 8 nitrogen and oxygen atoms in total. The minimum Gasteiger partial charge on any atom is -0.489 e. The van der Waals surface area contributed by atoms with Gasteiger partial charge in [0.2, 0.25) is 5.91 Å². The highest BCUT2D eigenvalue weighted by Gasteiger charge is 2.50. The van der Waals surface area contributed by atoms with Crippen molar-refractivity contribution < 1.29 is 28.6 Å². The van der Waals surface area contributed by atoms with Crippen molar-refractivity contribution in [2.75, 3.05) is 6.73 Å². The maximum Gasteiger partial charge on any atom is 0.323 e. The summed E-state index contributed by atoms with van der Waals surface area (Å²) >= 11 is 0. The second-order valence-electron chi connectivity index (χ2n) is 9.05. The zero-order valence-electron chi connectivity index (χ0n) is 20.4. The van der Waals surface area contributed by atoms with E-state index < -0.39 is 34.9 Å². The second-order valence-corrected chi connectivity index (χ2v) is 9.05. The number of rotatable bonds is 10. The number of ether oxygens (including phenoxy) is 3. The van der Waals surface area contributed by atoms with Crippen molar-refractivity contribution in [2.24, 2.45) is 11.1 Å². The molecule has 1 amide bonds. The van der Waals surface area contributed by atoms with E-state index in [1.807, 2.05) is 30.3 Å². The largest absolute Gasteiger partial charge is 0.489 e. The molecule has 2 unspecified atom stereocenters. The highest BCUT2D eigenvalue weighted by Crippen LogP contribution is 2.35. The molecule has 0 aromatic heterocycles. The third kappa shape index (κ3) is 7.31.